The topological polar surface area (TPSA) is 42.4 Å². The Morgan fingerprint density at radius 1 is 0.460 bits per heavy atom. The number of benzene rings is 8. The second-order valence-corrected chi connectivity index (χ2v) is 13.8. The van der Waals surface area contributed by atoms with Gasteiger partial charge >= 0.3 is 0 Å². The molecule has 0 aliphatic rings. The van der Waals surface area contributed by atoms with Crippen molar-refractivity contribution in [2.24, 2.45) is 0 Å². The van der Waals surface area contributed by atoms with Crippen molar-refractivity contribution in [3.63, 3.8) is 0 Å². The molecule has 3 heterocycles. The summed E-state index contributed by atoms with van der Waals surface area (Å²) in [4.78, 5) is 7.25. The zero-order chi connectivity index (χ0) is 32.8. The highest BCUT2D eigenvalue weighted by atomic mass is 32.1. The van der Waals surface area contributed by atoms with E-state index in [1.54, 1.807) is 11.3 Å². The SMILES string of the molecule is c1ccc2c(c1)ccc1oc3cc(N(c4ccc(-c5nc6ccccc6s5)cc4)c4ccc5c(c4)oc4ccccc45)c4ccccc4c3c12. The van der Waals surface area contributed by atoms with Crippen LogP contribution in [0.2, 0.25) is 0 Å². The second kappa shape index (κ2) is 10.5. The number of furan rings is 2. The van der Waals surface area contributed by atoms with Crippen molar-refractivity contribution >= 4 is 104 Å². The minimum atomic E-state index is 0.848. The zero-order valence-corrected chi connectivity index (χ0v) is 27.4. The number of para-hydroxylation sites is 2. The van der Waals surface area contributed by atoms with Gasteiger partial charge in [-0.15, -0.1) is 11.3 Å². The van der Waals surface area contributed by atoms with E-state index in [0.717, 1.165) is 87.8 Å². The summed E-state index contributed by atoms with van der Waals surface area (Å²) >= 11 is 1.72. The molecule has 3 aromatic heterocycles. The first-order chi connectivity index (χ1) is 24.8. The maximum Gasteiger partial charge on any atom is 0.138 e. The Kier molecular flexibility index (Phi) is 5.80. The minimum absolute atomic E-state index is 0.848. The molecule has 0 spiro atoms. The van der Waals surface area contributed by atoms with Crippen molar-refractivity contribution in [3.8, 4) is 10.6 Å². The summed E-state index contributed by atoms with van der Waals surface area (Å²) < 4.78 is 14.3. The number of anilines is 3. The van der Waals surface area contributed by atoms with E-state index < -0.39 is 0 Å². The lowest BCUT2D eigenvalue weighted by atomic mass is 9.98. The van der Waals surface area contributed by atoms with E-state index in [2.05, 4.69) is 144 Å². The van der Waals surface area contributed by atoms with Gasteiger partial charge in [0, 0.05) is 56.0 Å². The van der Waals surface area contributed by atoms with Gasteiger partial charge in [0.2, 0.25) is 0 Å². The number of rotatable bonds is 4. The van der Waals surface area contributed by atoms with Gasteiger partial charge in [-0.3, -0.25) is 0 Å². The van der Waals surface area contributed by atoms with Gasteiger partial charge in [0.05, 0.1) is 15.9 Å². The Bertz CT molecular complexity index is 3080. The summed E-state index contributed by atoms with van der Waals surface area (Å²) in [6.45, 7) is 0. The number of hydrogen-bond donors (Lipinski definition) is 0. The first kappa shape index (κ1) is 27.5. The molecule has 11 aromatic rings. The Morgan fingerprint density at radius 2 is 1.14 bits per heavy atom. The third kappa shape index (κ3) is 4.08. The number of aromatic nitrogens is 1. The van der Waals surface area contributed by atoms with Crippen LogP contribution in [0, 0.1) is 0 Å². The van der Waals surface area contributed by atoms with Crippen LogP contribution in [0.3, 0.4) is 0 Å². The molecule has 4 nitrogen and oxygen atoms in total. The molecule has 0 saturated carbocycles. The van der Waals surface area contributed by atoms with Gasteiger partial charge < -0.3 is 13.7 Å². The van der Waals surface area contributed by atoms with Crippen LogP contribution in [0.1, 0.15) is 0 Å². The van der Waals surface area contributed by atoms with Crippen LogP contribution < -0.4 is 4.90 Å². The largest absolute Gasteiger partial charge is 0.456 e. The van der Waals surface area contributed by atoms with Gasteiger partial charge in [-0.2, -0.15) is 0 Å². The summed E-state index contributed by atoms with van der Waals surface area (Å²) in [6.07, 6.45) is 0. The van der Waals surface area contributed by atoms with E-state index in [0.29, 0.717) is 0 Å². The average molecular weight is 659 g/mol. The van der Waals surface area contributed by atoms with Crippen molar-refractivity contribution in [1.82, 2.24) is 4.98 Å². The van der Waals surface area contributed by atoms with Gasteiger partial charge in [-0.25, -0.2) is 4.98 Å². The van der Waals surface area contributed by atoms with Crippen LogP contribution in [-0.4, -0.2) is 4.98 Å². The summed E-state index contributed by atoms with van der Waals surface area (Å²) in [7, 11) is 0. The Balaban J connectivity index is 1.17. The van der Waals surface area contributed by atoms with E-state index >= 15 is 0 Å². The van der Waals surface area contributed by atoms with Crippen LogP contribution in [0.25, 0.3) is 86.2 Å². The number of thiazole rings is 1. The Labute approximate surface area is 290 Å². The fourth-order valence-electron chi connectivity index (χ4n) is 7.60. The molecule has 0 atom stereocenters. The lowest BCUT2D eigenvalue weighted by molar-refractivity contribution is 0.669. The van der Waals surface area contributed by atoms with E-state index in [9.17, 15) is 0 Å². The van der Waals surface area contributed by atoms with E-state index in [-0.39, 0.29) is 0 Å². The molecule has 8 aromatic carbocycles. The van der Waals surface area contributed by atoms with Gasteiger partial charge in [0.15, 0.2) is 0 Å². The standard InChI is InChI=1S/C45H26N2O2S/c1-2-10-31-27(9-1)19-24-39-43(31)44-35-13-4-3-11-32(35)37(26-41(44)49-39)47(30-22-23-34-33-12-5-7-15-38(33)48-40(34)25-30)29-20-17-28(18-21-29)45-46-36-14-6-8-16-42(36)50-45/h1-26H. The van der Waals surface area contributed by atoms with Crippen molar-refractivity contribution < 1.29 is 8.83 Å². The molecular weight excluding hydrogens is 633 g/mol. The average Bonchev–Trinajstić information content (AvgIpc) is 3.88. The first-order valence-electron chi connectivity index (χ1n) is 16.7. The number of hydrogen-bond acceptors (Lipinski definition) is 5. The first-order valence-corrected chi connectivity index (χ1v) is 17.5. The van der Waals surface area contributed by atoms with E-state index in [4.69, 9.17) is 13.8 Å². The van der Waals surface area contributed by atoms with Crippen molar-refractivity contribution in [1.29, 1.82) is 0 Å². The van der Waals surface area contributed by atoms with Gasteiger partial charge in [0.25, 0.3) is 0 Å². The molecule has 50 heavy (non-hydrogen) atoms. The molecule has 0 saturated heterocycles. The smallest absolute Gasteiger partial charge is 0.138 e. The molecule has 0 fully saturated rings. The van der Waals surface area contributed by atoms with Crippen LogP contribution >= 0.6 is 11.3 Å². The lowest BCUT2D eigenvalue weighted by Crippen LogP contribution is -2.10. The van der Waals surface area contributed by atoms with Crippen LogP contribution in [0.4, 0.5) is 17.1 Å². The molecule has 11 rings (SSSR count). The van der Waals surface area contributed by atoms with Crippen molar-refractivity contribution in [2.75, 3.05) is 4.90 Å². The maximum atomic E-state index is 6.70. The molecule has 234 valence electrons. The molecule has 0 bridgehead atoms. The fraction of sp³-hybridized carbons (Fsp3) is 0. The van der Waals surface area contributed by atoms with Crippen LogP contribution in [-0.2, 0) is 0 Å². The predicted octanol–water partition coefficient (Wildman–Crippen LogP) is 13.5. The molecule has 0 N–H and O–H groups in total. The zero-order valence-electron chi connectivity index (χ0n) is 26.6. The third-order valence-electron chi connectivity index (χ3n) is 9.88. The summed E-state index contributed by atoms with van der Waals surface area (Å²) in [5.74, 6) is 0. The second-order valence-electron chi connectivity index (χ2n) is 12.7. The Morgan fingerprint density at radius 3 is 2.02 bits per heavy atom. The number of nitrogens with zero attached hydrogens (tertiary/aromatic N) is 2. The highest BCUT2D eigenvalue weighted by Gasteiger charge is 2.22. The Hall–Kier alpha value is -6.43. The molecular formula is C45H26N2O2S. The van der Waals surface area contributed by atoms with Gasteiger partial charge in [-0.05, 0) is 76.8 Å². The van der Waals surface area contributed by atoms with Crippen LogP contribution in [0.15, 0.2) is 167 Å². The quantitative estimate of drug-likeness (QED) is 0.189. The lowest BCUT2D eigenvalue weighted by Gasteiger charge is -2.27. The van der Waals surface area contributed by atoms with E-state index in [1.807, 2.05) is 18.2 Å². The molecule has 0 amide bonds. The highest BCUT2D eigenvalue weighted by molar-refractivity contribution is 7.21. The van der Waals surface area contributed by atoms with Gasteiger partial charge in [-0.1, -0.05) is 84.9 Å². The maximum absolute atomic E-state index is 6.70. The van der Waals surface area contributed by atoms with Gasteiger partial charge in [0.1, 0.15) is 27.3 Å². The van der Waals surface area contributed by atoms with E-state index in [1.165, 1.54) is 15.5 Å². The molecule has 0 radical (unpaired) electrons. The predicted molar refractivity (Wildman–Crippen MR) is 209 cm³/mol. The summed E-state index contributed by atoms with van der Waals surface area (Å²) in [5, 5.41) is 10.2. The van der Waals surface area contributed by atoms with Crippen LogP contribution in [0.5, 0.6) is 0 Å². The normalized spacial score (nSPS) is 12.0. The minimum Gasteiger partial charge on any atom is -0.456 e. The molecule has 0 unspecified atom stereocenters. The fourth-order valence-corrected chi connectivity index (χ4v) is 8.57. The number of fused-ring (bicyclic) bond motifs is 11. The molecule has 0 aliphatic heterocycles. The highest BCUT2D eigenvalue weighted by Crippen LogP contribution is 2.47. The monoisotopic (exact) mass is 658 g/mol. The third-order valence-corrected chi connectivity index (χ3v) is 11.0. The molecule has 5 heteroatoms. The molecule has 0 aliphatic carbocycles. The van der Waals surface area contributed by atoms with Crippen molar-refractivity contribution in [2.45, 2.75) is 0 Å². The van der Waals surface area contributed by atoms with Crippen molar-refractivity contribution in [3.05, 3.63) is 158 Å². The summed E-state index contributed by atoms with van der Waals surface area (Å²) in [6, 6.07) is 55.4. The summed E-state index contributed by atoms with van der Waals surface area (Å²) in [5.41, 5.74) is 8.63.